The Morgan fingerprint density at radius 2 is 0.882 bits per heavy atom. The first-order chi connectivity index (χ1) is 15.9. The maximum atomic E-state index is 5.88. The molecule has 1 aliphatic rings. The van der Waals surface area contributed by atoms with Gasteiger partial charge in [0, 0.05) is 7.05 Å². The van der Waals surface area contributed by atoms with Crippen molar-refractivity contribution in [2.45, 2.75) is 60.0 Å². The lowest BCUT2D eigenvalue weighted by atomic mass is 9.97. The lowest BCUT2D eigenvalue weighted by molar-refractivity contribution is 0.544. The van der Waals surface area contributed by atoms with Crippen LogP contribution in [0.2, 0.25) is 0 Å². The van der Waals surface area contributed by atoms with Crippen LogP contribution in [0.5, 0.6) is 0 Å². The van der Waals surface area contributed by atoms with Gasteiger partial charge >= 0.3 is 0 Å². The summed E-state index contributed by atoms with van der Waals surface area (Å²) >= 11 is 35.3. The molecule has 34 heavy (non-hydrogen) atoms. The average Bonchev–Trinajstić information content (AvgIpc) is 2.79. The molecule has 0 heterocycles. The van der Waals surface area contributed by atoms with Gasteiger partial charge in [0.1, 0.15) is 0 Å². The number of alkyl halides is 6. The fraction of sp³-hybridized carbons (Fsp3) is 0.440. The van der Waals surface area contributed by atoms with Gasteiger partial charge in [0.15, 0.2) is 0 Å². The highest BCUT2D eigenvalue weighted by atomic mass is 35.5. The number of rotatable bonds is 4. The fourth-order valence-corrected chi connectivity index (χ4v) is 5.62. The standard InChI is InChI=1S/C19H23N3.C6H6Cl6/c1-14-6-8-18(16(3)10-14)20-12-22(5)13-21-19-9-7-15(2)11-17(19)4;7-1-2(8)4(10)6(12)5(11)3(1)9/h6-13H,1-5H3;1-6H. The number of halogens is 6. The molecule has 186 valence electrons. The number of hydrogen-bond acceptors (Lipinski definition) is 2. The Bertz CT molecular complexity index is 892. The van der Waals surface area contributed by atoms with E-state index in [1.165, 1.54) is 22.3 Å². The lowest BCUT2D eigenvalue weighted by Crippen LogP contribution is -2.52. The highest BCUT2D eigenvalue weighted by Gasteiger charge is 2.46. The van der Waals surface area contributed by atoms with Gasteiger partial charge in [-0.15, -0.1) is 69.6 Å². The third-order valence-corrected chi connectivity index (χ3v) is 9.32. The van der Waals surface area contributed by atoms with Crippen LogP contribution in [0.3, 0.4) is 0 Å². The molecule has 9 heteroatoms. The molecule has 0 atom stereocenters. The summed E-state index contributed by atoms with van der Waals surface area (Å²) in [6, 6.07) is 12.5. The zero-order chi connectivity index (χ0) is 25.6. The highest BCUT2D eigenvalue weighted by molar-refractivity contribution is 6.45. The van der Waals surface area contributed by atoms with Gasteiger partial charge in [0.25, 0.3) is 0 Å². The average molecular weight is 584 g/mol. The van der Waals surface area contributed by atoms with Crippen molar-refractivity contribution in [1.82, 2.24) is 4.90 Å². The van der Waals surface area contributed by atoms with Crippen LogP contribution >= 0.6 is 69.6 Å². The molecule has 0 radical (unpaired) electrons. The summed E-state index contributed by atoms with van der Waals surface area (Å²) < 4.78 is 0. The van der Waals surface area contributed by atoms with E-state index >= 15 is 0 Å². The topological polar surface area (TPSA) is 28.0 Å². The van der Waals surface area contributed by atoms with Crippen LogP contribution in [-0.2, 0) is 0 Å². The molecule has 2 aromatic carbocycles. The molecule has 1 aliphatic carbocycles. The first kappa shape index (κ1) is 29.5. The molecule has 0 spiro atoms. The van der Waals surface area contributed by atoms with E-state index in [1.54, 1.807) is 12.7 Å². The molecule has 0 saturated heterocycles. The van der Waals surface area contributed by atoms with Gasteiger partial charge in [0.05, 0.1) is 56.3 Å². The SMILES string of the molecule is Cc1ccc(N=CN(C)C=Nc2ccc(C)cc2C)c(C)c1.ClC1C(Cl)C(Cl)C(Cl)C(Cl)C1Cl. The van der Waals surface area contributed by atoms with Crippen molar-refractivity contribution in [2.24, 2.45) is 9.98 Å². The molecule has 1 saturated carbocycles. The minimum absolute atomic E-state index is 0.437. The number of aryl methyl sites for hydroxylation is 4. The first-order valence-corrected chi connectivity index (χ1v) is 13.3. The Morgan fingerprint density at radius 1 is 0.588 bits per heavy atom. The van der Waals surface area contributed by atoms with Gasteiger partial charge in [-0.25, -0.2) is 9.98 Å². The zero-order valence-electron chi connectivity index (χ0n) is 19.7. The summed E-state index contributed by atoms with van der Waals surface area (Å²) in [5, 5.41) is -2.62. The second kappa shape index (κ2) is 13.6. The Labute approximate surface area is 233 Å². The van der Waals surface area contributed by atoms with Crippen LogP contribution < -0.4 is 0 Å². The van der Waals surface area contributed by atoms with Crippen molar-refractivity contribution in [3.63, 3.8) is 0 Å². The molecule has 1 fully saturated rings. The van der Waals surface area contributed by atoms with E-state index in [0.717, 1.165) is 11.4 Å². The van der Waals surface area contributed by atoms with Crippen molar-refractivity contribution >= 4 is 93.7 Å². The monoisotopic (exact) mass is 581 g/mol. The minimum Gasteiger partial charge on any atom is -0.326 e. The van der Waals surface area contributed by atoms with Crippen molar-refractivity contribution < 1.29 is 0 Å². The maximum absolute atomic E-state index is 5.88. The molecule has 0 N–H and O–H groups in total. The highest BCUT2D eigenvalue weighted by Crippen LogP contribution is 2.39. The van der Waals surface area contributed by atoms with Crippen molar-refractivity contribution in [3.8, 4) is 0 Å². The molecule has 0 bridgehead atoms. The largest absolute Gasteiger partial charge is 0.326 e. The normalized spacial score (nSPS) is 27.0. The van der Waals surface area contributed by atoms with Gasteiger partial charge in [-0.1, -0.05) is 35.4 Å². The van der Waals surface area contributed by atoms with Gasteiger partial charge in [0.2, 0.25) is 0 Å². The summed E-state index contributed by atoms with van der Waals surface area (Å²) in [7, 11) is 1.93. The van der Waals surface area contributed by atoms with Gasteiger partial charge in [-0.2, -0.15) is 0 Å². The Balaban J connectivity index is 0.000000287. The van der Waals surface area contributed by atoms with E-state index < -0.39 is 32.3 Å². The molecule has 0 amide bonds. The molecule has 0 aliphatic heterocycles. The predicted molar refractivity (Wildman–Crippen MR) is 154 cm³/mol. The number of nitrogens with zero attached hydrogens (tertiary/aromatic N) is 3. The minimum atomic E-state index is -0.437. The Hall–Kier alpha value is -0.680. The third kappa shape index (κ3) is 8.18. The molecule has 0 aromatic heterocycles. The van der Waals surface area contributed by atoms with E-state index in [2.05, 4.69) is 61.9 Å². The van der Waals surface area contributed by atoms with E-state index in [-0.39, 0.29) is 0 Å². The molecule has 0 unspecified atom stereocenters. The Morgan fingerprint density at radius 3 is 1.15 bits per heavy atom. The molecular weight excluding hydrogens is 555 g/mol. The van der Waals surface area contributed by atoms with Crippen molar-refractivity contribution in [1.29, 1.82) is 0 Å². The molecule has 3 nitrogen and oxygen atoms in total. The van der Waals surface area contributed by atoms with Crippen LogP contribution in [0.1, 0.15) is 22.3 Å². The van der Waals surface area contributed by atoms with Crippen molar-refractivity contribution in [2.75, 3.05) is 7.05 Å². The Kier molecular flexibility index (Phi) is 11.8. The van der Waals surface area contributed by atoms with Crippen LogP contribution in [0.4, 0.5) is 11.4 Å². The van der Waals surface area contributed by atoms with Gasteiger partial charge in [-0.3, -0.25) is 0 Å². The summed E-state index contributed by atoms with van der Waals surface area (Å²) in [4.78, 5) is 10.9. The van der Waals surface area contributed by atoms with E-state index in [1.807, 2.05) is 24.1 Å². The quantitative estimate of drug-likeness (QED) is 0.201. The van der Waals surface area contributed by atoms with Crippen LogP contribution in [0.15, 0.2) is 46.4 Å². The molecule has 2 aromatic rings. The predicted octanol–water partition coefficient (Wildman–Crippen LogP) is 8.52. The van der Waals surface area contributed by atoms with Crippen molar-refractivity contribution in [3.05, 3.63) is 58.7 Å². The summed E-state index contributed by atoms with van der Waals surface area (Å²) in [6.45, 7) is 8.32. The van der Waals surface area contributed by atoms with Gasteiger partial charge in [-0.05, 0) is 51.0 Å². The van der Waals surface area contributed by atoms with E-state index in [0.29, 0.717) is 0 Å². The smallest absolute Gasteiger partial charge is 0.0961 e. The van der Waals surface area contributed by atoms with Crippen LogP contribution in [0, 0.1) is 27.7 Å². The third-order valence-electron chi connectivity index (χ3n) is 5.29. The van der Waals surface area contributed by atoms with E-state index in [9.17, 15) is 0 Å². The van der Waals surface area contributed by atoms with Crippen LogP contribution in [-0.4, -0.2) is 56.9 Å². The second-order valence-electron chi connectivity index (χ2n) is 8.40. The molecular formula is C25H29Cl6N3. The molecule has 3 rings (SSSR count). The number of benzene rings is 2. The van der Waals surface area contributed by atoms with E-state index in [4.69, 9.17) is 69.6 Å². The summed E-state index contributed by atoms with van der Waals surface area (Å²) in [6.07, 6.45) is 3.56. The fourth-order valence-electron chi connectivity index (χ4n) is 3.29. The van der Waals surface area contributed by atoms with Crippen LogP contribution in [0.25, 0.3) is 0 Å². The number of aliphatic imine (C=N–C) groups is 2. The van der Waals surface area contributed by atoms with Gasteiger partial charge < -0.3 is 4.90 Å². The summed E-state index contributed by atoms with van der Waals surface area (Å²) in [5.74, 6) is 0. The first-order valence-electron chi connectivity index (χ1n) is 10.7. The zero-order valence-corrected chi connectivity index (χ0v) is 24.2. The second-order valence-corrected chi connectivity index (χ2v) is 11.4. The lowest BCUT2D eigenvalue weighted by Gasteiger charge is -2.37. The summed E-state index contributed by atoms with van der Waals surface area (Å²) in [5.41, 5.74) is 6.82. The number of hydrogen-bond donors (Lipinski definition) is 0. The maximum Gasteiger partial charge on any atom is 0.0961 e.